The van der Waals surface area contributed by atoms with Gasteiger partial charge in [0.25, 0.3) is 0 Å². The van der Waals surface area contributed by atoms with Gasteiger partial charge in [0, 0.05) is 25.7 Å². The molecule has 1 aliphatic rings. The van der Waals surface area contributed by atoms with Crippen LogP contribution in [-0.2, 0) is 0 Å². The molecule has 4 rings (SSSR count). The lowest BCUT2D eigenvalue weighted by molar-refractivity contribution is 0.0550. The first-order valence-electron chi connectivity index (χ1n) is 10.5. The van der Waals surface area contributed by atoms with Gasteiger partial charge in [0.05, 0.1) is 11.0 Å². The number of hydrogen-bond donors (Lipinski definition) is 2. The van der Waals surface area contributed by atoms with Crippen molar-refractivity contribution in [2.75, 3.05) is 32.8 Å². The van der Waals surface area contributed by atoms with E-state index in [1.807, 2.05) is 41.0 Å². The number of aliphatic hydroxyl groups is 1. The molecule has 0 radical (unpaired) electrons. The number of hydrogen-bond acceptors (Lipinski definition) is 5. The number of β-amino-alcohol motifs (C(OH)–C–C–N with tert-alkyl or cyclic N) is 1. The molecule has 2 N–H and O–H groups in total. The third-order valence-electron chi connectivity index (χ3n) is 5.61. The van der Waals surface area contributed by atoms with Crippen molar-refractivity contribution >= 4 is 11.0 Å². The lowest BCUT2D eigenvalue weighted by Gasteiger charge is -2.33. The second-order valence-electron chi connectivity index (χ2n) is 7.75. The number of imidazole rings is 1. The van der Waals surface area contributed by atoms with E-state index in [1.165, 1.54) is 0 Å². The van der Waals surface area contributed by atoms with E-state index in [0.29, 0.717) is 18.0 Å². The number of H-pyrrole nitrogens is 1. The molecule has 1 aromatic heterocycles. The maximum Gasteiger partial charge on any atom is 0.326 e. The third kappa shape index (κ3) is 4.93. The summed E-state index contributed by atoms with van der Waals surface area (Å²) in [4.78, 5) is 17.6. The number of ether oxygens (including phenoxy) is 2. The molecular formula is C24H27N3O4. The number of benzene rings is 2. The number of terminal acetylenes is 1. The molecule has 7 heteroatoms. The van der Waals surface area contributed by atoms with Crippen LogP contribution >= 0.6 is 0 Å². The zero-order valence-corrected chi connectivity index (χ0v) is 17.4. The van der Waals surface area contributed by atoms with Crippen molar-refractivity contribution in [3.63, 3.8) is 0 Å². The van der Waals surface area contributed by atoms with Crippen molar-refractivity contribution in [3.05, 3.63) is 59.0 Å². The van der Waals surface area contributed by atoms with Crippen molar-refractivity contribution in [1.82, 2.24) is 14.5 Å². The summed E-state index contributed by atoms with van der Waals surface area (Å²) in [5.74, 6) is 3.56. The molecule has 2 aromatic carbocycles. The lowest BCUT2D eigenvalue weighted by atomic mass is 10.0. The standard InChI is InChI=1S/C24H27N3O4/c1-2-15-30-22-9-5-6-10-23(22)31-17-19(28)16-26-13-11-18(12-14-26)27-21-8-4-3-7-20(21)25-24(27)29/h1,3-10,18-19,28H,11-17H2,(H,25,29). The van der Waals surface area contributed by atoms with Gasteiger partial charge in [-0.3, -0.25) is 4.57 Å². The van der Waals surface area contributed by atoms with E-state index in [1.54, 1.807) is 12.1 Å². The molecule has 1 atom stereocenters. The SMILES string of the molecule is C#CCOc1ccccc1OCC(O)CN1CCC(n2c(=O)[nH]c3ccccc32)CC1. The minimum Gasteiger partial charge on any atom is -0.487 e. The van der Waals surface area contributed by atoms with Crippen molar-refractivity contribution < 1.29 is 14.6 Å². The summed E-state index contributed by atoms with van der Waals surface area (Å²) in [6.07, 6.45) is 6.33. The fraction of sp³-hybridized carbons (Fsp3) is 0.375. The van der Waals surface area contributed by atoms with Crippen LogP contribution in [0.15, 0.2) is 53.3 Å². The van der Waals surface area contributed by atoms with Crippen LogP contribution in [-0.4, -0.2) is 58.5 Å². The van der Waals surface area contributed by atoms with E-state index in [9.17, 15) is 9.90 Å². The third-order valence-corrected chi connectivity index (χ3v) is 5.61. The summed E-state index contributed by atoms with van der Waals surface area (Å²) in [7, 11) is 0. The molecular weight excluding hydrogens is 394 g/mol. The Morgan fingerprint density at radius 3 is 2.52 bits per heavy atom. The van der Waals surface area contributed by atoms with Crippen LogP contribution in [0.4, 0.5) is 0 Å². The molecule has 1 fully saturated rings. The van der Waals surface area contributed by atoms with E-state index < -0.39 is 6.10 Å². The minimum atomic E-state index is -0.631. The van der Waals surface area contributed by atoms with Gasteiger partial charge in [-0.15, -0.1) is 6.42 Å². The van der Waals surface area contributed by atoms with Crippen LogP contribution < -0.4 is 15.2 Å². The van der Waals surface area contributed by atoms with Gasteiger partial charge in [-0.2, -0.15) is 0 Å². The fourth-order valence-electron chi connectivity index (χ4n) is 4.14. The number of aromatic nitrogens is 2. The first kappa shape index (κ1) is 21.0. The number of likely N-dealkylation sites (tertiary alicyclic amines) is 1. The quantitative estimate of drug-likeness (QED) is 0.546. The number of nitrogens with one attached hydrogen (secondary N) is 1. The molecule has 31 heavy (non-hydrogen) atoms. The number of nitrogens with zero attached hydrogens (tertiary/aromatic N) is 2. The highest BCUT2D eigenvalue weighted by molar-refractivity contribution is 5.75. The van der Waals surface area contributed by atoms with Gasteiger partial charge < -0.3 is 24.5 Å². The first-order valence-corrected chi connectivity index (χ1v) is 10.5. The lowest BCUT2D eigenvalue weighted by Crippen LogP contribution is -2.42. The fourth-order valence-corrected chi connectivity index (χ4v) is 4.14. The predicted octanol–water partition coefficient (Wildman–Crippen LogP) is 2.42. The van der Waals surface area contributed by atoms with E-state index in [0.717, 1.165) is 37.0 Å². The molecule has 1 unspecified atom stereocenters. The van der Waals surface area contributed by atoms with Gasteiger partial charge in [0.2, 0.25) is 0 Å². The van der Waals surface area contributed by atoms with Crippen molar-refractivity contribution in [2.45, 2.75) is 25.0 Å². The monoisotopic (exact) mass is 421 g/mol. The maximum absolute atomic E-state index is 12.4. The molecule has 7 nitrogen and oxygen atoms in total. The maximum atomic E-state index is 12.4. The Hall–Kier alpha value is -3.21. The van der Waals surface area contributed by atoms with Gasteiger partial charge >= 0.3 is 5.69 Å². The Morgan fingerprint density at radius 2 is 1.77 bits per heavy atom. The van der Waals surface area contributed by atoms with Gasteiger partial charge in [-0.05, 0) is 37.1 Å². The van der Waals surface area contributed by atoms with E-state index in [2.05, 4.69) is 15.8 Å². The molecule has 2 heterocycles. The van der Waals surface area contributed by atoms with Crippen LogP contribution in [0.2, 0.25) is 0 Å². The topological polar surface area (TPSA) is 79.7 Å². The summed E-state index contributed by atoms with van der Waals surface area (Å²) < 4.78 is 13.1. The smallest absolute Gasteiger partial charge is 0.326 e. The molecule has 0 spiro atoms. The Labute approximate surface area is 181 Å². The average Bonchev–Trinajstić information content (AvgIpc) is 3.13. The average molecular weight is 421 g/mol. The summed E-state index contributed by atoms with van der Waals surface area (Å²) in [6.45, 7) is 2.48. The number of aliphatic hydroxyl groups excluding tert-OH is 1. The zero-order valence-electron chi connectivity index (χ0n) is 17.4. The number of para-hydroxylation sites is 4. The van der Waals surface area contributed by atoms with Crippen LogP contribution in [0.25, 0.3) is 11.0 Å². The van der Waals surface area contributed by atoms with Crippen LogP contribution in [0.3, 0.4) is 0 Å². The van der Waals surface area contributed by atoms with Crippen LogP contribution in [0.5, 0.6) is 11.5 Å². The van der Waals surface area contributed by atoms with Crippen LogP contribution in [0, 0.1) is 12.3 Å². The summed E-state index contributed by atoms with van der Waals surface area (Å²) >= 11 is 0. The summed E-state index contributed by atoms with van der Waals surface area (Å²) in [5, 5.41) is 10.5. The van der Waals surface area contributed by atoms with Crippen molar-refractivity contribution in [2.24, 2.45) is 0 Å². The molecule has 0 aliphatic carbocycles. The minimum absolute atomic E-state index is 0.0567. The van der Waals surface area contributed by atoms with E-state index >= 15 is 0 Å². The Kier molecular flexibility index (Phi) is 6.60. The normalized spacial score (nSPS) is 16.1. The van der Waals surface area contributed by atoms with Gasteiger partial charge in [-0.1, -0.05) is 30.2 Å². The molecule has 0 saturated carbocycles. The van der Waals surface area contributed by atoms with E-state index in [-0.39, 0.29) is 24.9 Å². The highest BCUT2D eigenvalue weighted by atomic mass is 16.5. The predicted molar refractivity (Wildman–Crippen MR) is 120 cm³/mol. The number of fused-ring (bicyclic) bond motifs is 1. The van der Waals surface area contributed by atoms with Crippen molar-refractivity contribution in [1.29, 1.82) is 0 Å². The Balaban J connectivity index is 1.29. The number of rotatable bonds is 8. The highest BCUT2D eigenvalue weighted by Crippen LogP contribution is 2.27. The zero-order chi connectivity index (χ0) is 21.6. The second-order valence-corrected chi connectivity index (χ2v) is 7.75. The van der Waals surface area contributed by atoms with Gasteiger partial charge in [-0.25, -0.2) is 4.79 Å². The number of aromatic amines is 1. The molecule has 0 amide bonds. The van der Waals surface area contributed by atoms with Crippen LogP contribution in [0.1, 0.15) is 18.9 Å². The number of piperidine rings is 1. The molecule has 1 aliphatic heterocycles. The molecule has 1 saturated heterocycles. The summed E-state index contributed by atoms with van der Waals surface area (Å²) in [6, 6.07) is 15.2. The largest absolute Gasteiger partial charge is 0.487 e. The molecule has 162 valence electrons. The summed E-state index contributed by atoms with van der Waals surface area (Å²) in [5.41, 5.74) is 1.76. The Morgan fingerprint density at radius 1 is 1.10 bits per heavy atom. The second kappa shape index (κ2) is 9.73. The highest BCUT2D eigenvalue weighted by Gasteiger charge is 2.24. The van der Waals surface area contributed by atoms with Crippen molar-refractivity contribution in [3.8, 4) is 23.8 Å². The van der Waals surface area contributed by atoms with Gasteiger partial charge in [0.15, 0.2) is 11.5 Å². The van der Waals surface area contributed by atoms with Gasteiger partial charge in [0.1, 0.15) is 19.3 Å². The first-order chi connectivity index (χ1) is 15.2. The van der Waals surface area contributed by atoms with E-state index in [4.69, 9.17) is 15.9 Å². The Bertz CT molecular complexity index is 1110. The molecule has 3 aromatic rings. The molecule has 0 bridgehead atoms.